The van der Waals surface area contributed by atoms with Gasteiger partial charge in [-0.1, -0.05) is 25.1 Å². The molecule has 0 aromatic heterocycles. The van der Waals surface area contributed by atoms with Crippen molar-refractivity contribution < 1.29 is 14.3 Å². The van der Waals surface area contributed by atoms with Gasteiger partial charge in [0.15, 0.2) is 0 Å². The number of rotatable bonds is 7. The van der Waals surface area contributed by atoms with E-state index in [0.29, 0.717) is 32.7 Å². The monoisotopic (exact) mass is 348 g/mol. The Morgan fingerprint density at radius 2 is 1.92 bits per heavy atom. The van der Waals surface area contributed by atoms with Crippen molar-refractivity contribution in [3.05, 3.63) is 29.8 Å². The molecule has 0 saturated carbocycles. The second-order valence-corrected chi connectivity index (χ2v) is 6.22. The number of piperazine rings is 1. The van der Waals surface area contributed by atoms with Crippen molar-refractivity contribution >= 4 is 17.5 Å². The van der Waals surface area contributed by atoms with E-state index in [1.807, 2.05) is 24.3 Å². The van der Waals surface area contributed by atoms with E-state index in [1.54, 1.807) is 4.90 Å². The average molecular weight is 348 g/mol. The zero-order valence-corrected chi connectivity index (χ0v) is 15.0. The van der Waals surface area contributed by atoms with Gasteiger partial charge in [0, 0.05) is 39.0 Å². The van der Waals surface area contributed by atoms with Crippen molar-refractivity contribution in [1.29, 1.82) is 0 Å². The third-order valence-corrected chi connectivity index (χ3v) is 4.39. The molecule has 7 heteroatoms. The number of hydrogen-bond acceptors (Lipinski definition) is 5. The summed E-state index contributed by atoms with van der Waals surface area (Å²) in [6, 6.07) is 7.21. The highest BCUT2D eigenvalue weighted by atomic mass is 16.5. The van der Waals surface area contributed by atoms with E-state index >= 15 is 0 Å². The fraction of sp³-hybridized carbons (Fsp3) is 0.556. The molecule has 1 fully saturated rings. The Bertz CT molecular complexity index is 585. The third kappa shape index (κ3) is 5.52. The van der Waals surface area contributed by atoms with Crippen molar-refractivity contribution in [2.75, 3.05) is 51.8 Å². The summed E-state index contributed by atoms with van der Waals surface area (Å²) >= 11 is 0. The Morgan fingerprint density at radius 3 is 2.56 bits per heavy atom. The molecule has 1 aromatic rings. The number of nitrogens with one attached hydrogen (secondary N) is 1. The summed E-state index contributed by atoms with van der Waals surface area (Å²) in [6.07, 6.45) is 0.874. The molecule has 138 valence electrons. The molecule has 1 heterocycles. The van der Waals surface area contributed by atoms with Crippen LogP contribution < -0.4 is 11.1 Å². The summed E-state index contributed by atoms with van der Waals surface area (Å²) in [4.78, 5) is 28.2. The van der Waals surface area contributed by atoms with Gasteiger partial charge in [0.2, 0.25) is 11.8 Å². The number of methoxy groups -OCH3 is 1. The lowest BCUT2D eigenvalue weighted by Crippen LogP contribution is -2.55. The number of nitrogens with zero attached hydrogens (tertiary/aromatic N) is 2. The van der Waals surface area contributed by atoms with Crippen LogP contribution in [0.15, 0.2) is 24.3 Å². The number of benzene rings is 1. The molecule has 7 nitrogen and oxygen atoms in total. The Balaban J connectivity index is 1.79. The number of carbonyl (C=O) groups excluding carboxylic acids is 2. The predicted octanol–water partition coefficient (Wildman–Crippen LogP) is 0.305. The van der Waals surface area contributed by atoms with Crippen LogP contribution in [0.3, 0.4) is 0 Å². The first-order chi connectivity index (χ1) is 12.0. The van der Waals surface area contributed by atoms with Crippen molar-refractivity contribution in [3.63, 3.8) is 0 Å². The molecule has 1 unspecified atom stereocenters. The highest BCUT2D eigenvalue weighted by Gasteiger charge is 2.26. The van der Waals surface area contributed by atoms with Crippen LogP contribution in [0.4, 0.5) is 5.69 Å². The lowest BCUT2D eigenvalue weighted by Gasteiger charge is -2.35. The van der Waals surface area contributed by atoms with Gasteiger partial charge < -0.3 is 20.7 Å². The van der Waals surface area contributed by atoms with Gasteiger partial charge in [-0.25, -0.2) is 0 Å². The molecule has 1 aliphatic rings. The van der Waals surface area contributed by atoms with Crippen LogP contribution in [0, 0.1) is 0 Å². The van der Waals surface area contributed by atoms with E-state index in [0.717, 1.165) is 17.7 Å². The van der Waals surface area contributed by atoms with Gasteiger partial charge in [-0.2, -0.15) is 0 Å². The highest BCUT2D eigenvalue weighted by Crippen LogP contribution is 2.15. The Kier molecular flexibility index (Phi) is 7.36. The summed E-state index contributed by atoms with van der Waals surface area (Å²) in [5.74, 6) is -0.125. The number of amides is 2. The molecule has 1 saturated heterocycles. The van der Waals surface area contributed by atoms with E-state index in [9.17, 15) is 9.59 Å². The maximum Gasteiger partial charge on any atom is 0.241 e. The molecule has 0 spiro atoms. The molecule has 1 atom stereocenters. The van der Waals surface area contributed by atoms with E-state index < -0.39 is 6.04 Å². The van der Waals surface area contributed by atoms with Gasteiger partial charge in [0.05, 0.1) is 13.2 Å². The SMILES string of the molecule is CCc1ccccc1NC(=O)CN1CCN(C(=O)C(N)COC)CC1. The molecular weight excluding hydrogens is 320 g/mol. The summed E-state index contributed by atoms with van der Waals surface area (Å²) in [7, 11) is 1.53. The van der Waals surface area contributed by atoms with E-state index in [1.165, 1.54) is 7.11 Å². The van der Waals surface area contributed by atoms with Crippen LogP contribution in [-0.2, 0) is 20.7 Å². The second kappa shape index (κ2) is 9.50. The molecule has 0 bridgehead atoms. The van der Waals surface area contributed by atoms with Gasteiger partial charge in [0.1, 0.15) is 6.04 Å². The fourth-order valence-electron chi connectivity index (χ4n) is 2.96. The average Bonchev–Trinajstić information content (AvgIpc) is 2.62. The van der Waals surface area contributed by atoms with Crippen molar-refractivity contribution in [3.8, 4) is 0 Å². The van der Waals surface area contributed by atoms with Crippen molar-refractivity contribution in [2.45, 2.75) is 19.4 Å². The van der Waals surface area contributed by atoms with Gasteiger partial charge in [-0.05, 0) is 18.1 Å². The van der Waals surface area contributed by atoms with Crippen LogP contribution in [0.5, 0.6) is 0 Å². The van der Waals surface area contributed by atoms with Crippen LogP contribution >= 0.6 is 0 Å². The van der Waals surface area contributed by atoms with Crippen molar-refractivity contribution in [2.24, 2.45) is 5.73 Å². The summed E-state index contributed by atoms with van der Waals surface area (Å²) in [5, 5.41) is 2.98. The predicted molar refractivity (Wildman–Crippen MR) is 97.3 cm³/mol. The first-order valence-corrected chi connectivity index (χ1v) is 8.68. The molecule has 2 amide bonds. The van der Waals surface area contributed by atoms with Crippen LogP contribution in [-0.4, -0.2) is 74.1 Å². The summed E-state index contributed by atoms with van der Waals surface area (Å²) in [5.41, 5.74) is 7.79. The standard InChI is InChI=1S/C18H28N4O3/c1-3-14-6-4-5-7-16(14)20-17(23)12-21-8-10-22(11-9-21)18(24)15(19)13-25-2/h4-7,15H,3,8-13,19H2,1-2H3,(H,20,23). The van der Waals surface area contributed by atoms with E-state index in [2.05, 4.69) is 17.1 Å². The normalized spacial score (nSPS) is 16.5. The molecule has 25 heavy (non-hydrogen) atoms. The molecule has 1 aliphatic heterocycles. The van der Waals surface area contributed by atoms with E-state index in [4.69, 9.17) is 10.5 Å². The maximum atomic E-state index is 12.3. The first-order valence-electron chi connectivity index (χ1n) is 8.68. The smallest absolute Gasteiger partial charge is 0.241 e. The number of carbonyl (C=O) groups is 2. The molecule has 2 rings (SSSR count). The van der Waals surface area contributed by atoms with Crippen LogP contribution in [0.2, 0.25) is 0 Å². The zero-order chi connectivity index (χ0) is 18.2. The lowest BCUT2D eigenvalue weighted by atomic mass is 10.1. The number of aryl methyl sites for hydroxylation is 1. The number of anilines is 1. The van der Waals surface area contributed by atoms with Crippen LogP contribution in [0.1, 0.15) is 12.5 Å². The van der Waals surface area contributed by atoms with Gasteiger partial charge in [-0.15, -0.1) is 0 Å². The maximum absolute atomic E-state index is 12.3. The van der Waals surface area contributed by atoms with Gasteiger partial charge >= 0.3 is 0 Å². The molecule has 0 radical (unpaired) electrons. The quantitative estimate of drug-likeness (QED) is 0.740. The minimum Gasteiger partial charge on any atom is -0.383 e. The third-order valence-electron chi connectivity index (χ3n) is 4.39. The fourth-order valence-corrected chi connectivity index (χ4v) is 2.96. The Morgan fingerprint density at radius 1 is 1.24 bits per heavy atom. The molecule has 0 aliphatic carbocycles. The van der Waals surface area contributed by atoms with E-state index in [-0.39, 0.29) is 18.4 Å². The zero-order valence-electron chi connectivity index (χ0n) is 15.0. The highest BCUT2D eigenvalue weighted by molar-refractivity contribution is 5.93. The largest absolute Gasteiger partial charge is 0.383 e. The van der Waals surface area contributed by atoms with Crippen molar-refractivity contribution in [1.82, 2.24) is 9.80 Å². The molecule has 3 N–H and O–H groups in total. The minimum atomic E-state index is -0.620. The lowest BCUT2D eigenvalue weighted by molar-refractivity contribution is -0.135. The van der Waals surface area contributed by atoms with Crippen LogP contribution in [0.25, 0.3) is 0 Å². The minimum absolute atomic E-state index is 0.0308. The molecule has 1 aromatic carbocycles. The number of hydrogen-bond donors (Lipinski definition) is 2. The number of para-hydroxylation sites is 1. The topological polar surface area (TPSA) is 87.9 Å². The Labute approximate surface area is 149 Å². The molecular formula is C18H28N4O3. The van der Waals surface area contributed by atoms with Gasteiger partial charge in [0.25, 0.3) is 0 Å². The second-order valence-electron chi connectivity index (χ2n) is 6.22. The Hall–Kier alpha value is -1.96. The van der Waals surface area contributed by atoms with Gasteiger partial charge in [-0.3, -0.25) is 14.5 Å². The summed E-state index contributed by atoms with van der Waals surface area (Å²) < 4.78 is 4.93. The summed E-state index contributed by atoms with van der Waals surface area (Å²) in [6.45, 7) is 5.09. The first kappa shape index (κ1) is 19.4. The number of nitrogens with two attached hydrogens (primary N) is 1. The number of ether oxygens (including phenoxy) is 1.